The maximum atomic E-state index is 11.6. The molecule has 0 aliphatic heterocycles. The van der Waals surface area contributed by atoms with Crippen LogP contribution in [0.25, 0.3) is 0 Å². The molecule has 1 unspecified atom stereocenters. The molecule has 0 fully saturated rings. The lowest BCUT2D eigenvalue weighted by molar-refractivity contribution is 0.0457. The standard InChI is InChI=1S/C14H16O2/c15-14(13-9-5-2-6-10-13)16-11-12-7-3-1-4-8-12/h2-3,5-7,9-10,12H,1,4,8,11H2. The summed E-state index contributed by atoms with van der Waals surface area (Å²) in [5.74, 6) is 0.181. The first-order valence-corrected chi connectivity index (χ1v) is 5.75. The van der Waals surface area contributed by atoms with E-state index in [4.69, 9.17) is 4.74 Å². The number of ether oxygens (including phenoxy) is 1. The first kappa shape index (κ1) is 10.9. The summed E-state index contributed by atoms with van der Waals surface area (Å²) < 4.78 is 5.28. The minimum atomic E-state index is -0.223. The fourth-order valence-electron chi connectivity index (χ4n) is 1.86. The van der Waals surface area contributed by atoms with E-state index < -0.39 is 0 Å². The van der Waals surface area contributed by atoms with Crippen molar-refractivity contribution in [2.24, 2.45) is 5.92 Å². The predicted octanol–water partition coefficient (Wildman–Crippen LogP) is 3.20. The second-order valence-electron chi connectivity index (χ2n) is 4.08. The van der Waals surface area contributed by atoms with Gasteiger partial charge in [0.25, 0.3) is 0 Å². The fraction of sp³-hybridized carbons (Fsp3) is 0.357. The summed E-state index contributed by atoms with van der Waals surface area (Å²) in [7, 11) is 0. The largest absolute Gasteiger partial charge is 0.461 e. The van der Waals surface area contributed by atoms with Crippen LogP contribution in [0.4, 0.5) is 0 Å². The van der Waals surface area contributed by atoms with E-state index in [0.29, 0.717) is 18.1 Å². The number of esters is 1. The topological polar surface area (TPSA) is 26.3 Å². The van der Waals surface area contributed by atoms with Crippen molar-refractivity contribution >= 4 is 5.97 Å². The second-order valence-corrected chi connectivity index (χ2v) is 4.08. The van der Waals surface area contributed by atoms with Gasteiger partial charge in [-0.15, -0.1) is 0 Å². The van der Waals surface area contributed by atoms with Gasteiger partial charge in [-0.05, 0) is 31.4 Å². The highest BCUT2D eigenvalue weighted by atomic mass is 16.5. The van der Waals surface area contributed by atoms with Crippen LogP contribution in [0, 0.1) is 5.92 Å². The van der Waals surface area contributed by atoms with E-state index >= 15 is 0 Å². The van der Waals surface area contributed by atoms with Gasteiger partial charge in [0.05, 0.1) is 12.2 Å². The van der Waals surface area contributed by atoms with Gasteiger partial charge < -0.3 is 4.74 Å². The Balaban J connectivity index is 1.84. The van der Waals surface area contributed by atoms with Gasteiger partial charge in [-0.25, -0.2) is 4.79 Å². The van der Waals surface area contributed by atoms with E-state index in [2.05, 4.69) is 12.2 Å². The lowest BCUT2D eigenvalue weighted by Gasteiger charge is -2.15. The molecule has 0 saturated carbocycles. The third-order valence-electron chi connectivity index (χ3n) is 2.79. The molecule has 0 bridgehead atoms. The molecule has 2 rings (SSSR count). The Morgan fingerprint density at radius 2 is 2.12 bits per heavy atom. The molecule has 0 amide bonds. The van der Waals surface area contributed by atoms with Crippen LogP contribution in [-0.4, -0.2) is 12.6 Å². The molecular weight excluding hydrogens is 200 g/mol. The van der Waals surface area contributed by atoms with Gasteiger partial charge in [0.15, 0.2) is 0 Å². The van der Waals surface area contributed by atoms with Gasteiger partial charge in [0.2, 0.25) is 0 Å². The Bertz CT molecular complexity index is 368. The number of rotatable bonds is 3. The summed E-state index contributed by atoms with van der Waals surface area (Å²) in [6.07, 6.45) is 7.80. The van der Waals surface area contributed by atoms with Crippen LogP contribution in [-0.2, 0) is 4.74 Å². The lowest BCUT2D eigenvalue weighted by atomic mass is 9.97. The van der Waals surface area contributed by atoms with Crippen LogP contribution in [0.2, 0.25) is 0 Å². The third kappa shape index (κ3) is 2.96. The minimum absolute atomic E-state index is 0.223. The first-order chi connectivity index (χ1) is 7.86. The number of hydrogen-bond acceptors (Lipinski definition) is 2. The summed E-state index contributed by atoms with van der Waals surface area (Å²) in [5.41, 5.74) is 0.627. The summed E-state index contributed by atoms with van der Waals surface area (Å²) in [5, 5.41) is 0. The van der Waals surface area contributed by atoms with Crippen molar-refractivity contribution in [3.63, 3.8) is 0 Å². The van der Waals surface area contributed by atoms with Crippen molar-refractivity contribution in [1.29, 1.82) is 0 Å². The molecule has 2 nitrogen and oxygen atoms in total. The highest BCUT2D eigenvalue weighted by Crippen LogP contribution is 2.17. The zero-order valence-corrected chi connectivity index (χ0v) is 9.26. The van der Waals surface area contributed by atoms with Crippen molar-refractivity contribution < 1.29 is 9.53 Å². The van der Waals surface area contributed by atoms with Crippen LogP contribution in [0.5, 0.6) is 0 Å². The number of hydrogen-bond donors (Lipinski definition) is 0. The van der Waals surface area contributed by atoms with Gasteiger partial charge in [-0.3, -0.25) is 0 Å². The molecule has 2 heteroatoms. The maximum Gasteiger partial charge on any atom is 0.338 e. The van der Waals surface area contributed by atoms with Crippen molar-refractivity contribution in [3.05, 3.63) is 48.0 Å². The molecule has 0 N–H and O–H groups in total. The molecular formula is C14H16O2. The SMILES string of the molecule is O=C(OCC1C=CCCC1)c1ccccc1. The van der Waals surface area contributed by atoms with Gasteiger partial charge in [0, 0.05) is 5.92 Å². The Kier molecular flexibility index (Phi) is 3.76. The summed E-state index contributed by atoms with van der Waals surface area (Å²) in [6.45, 7) is 0.504. The Hall–Kier alpha value is -1.57. The zero-order valence-electron chi connectivity index (χ0n) is 9.26. The quantitative estimate of drug-likeness (QED) is 0.573. The second kappa shape index (κ2) is 5.50. The summed E-state index contributed by atoms with van der Waals surface area (Å²) in [4.78, 5) is 11.6. The average Bonchev–Trinajstić information content (AvgIpc) is 2.38. The highest BCUT2D eigenvalue weighted by Gasteiger charge is 2.12. The lowest BCUT2D eigenvalue weighted by Crippen LogP contribution is -2.14. The van der Waals surface area contributed by atoms with Gasteiger partial charge in [-0.1, -0.05) is 30.4 Å². The van der Waals surface area contributed by atoms with E-state index in [1.54, 1.807) is 12.1 Å². The average molecular weight is 216 g/mol. The summed E-state index contributed by atoms with van der Waals surface area (Å²) >= 11 is 0. The van der Waals surface area contributed by atoms with Gasteiger partial charge in [-0.2, -0.15) is 0 Å². The molecule has 0 spiro atoms. The van der Waals surface area contributed by atoms with Gasteiger partial charge in [0.1, 0.15) is 0 Å². The Morgan fingerprint density at radius 3 is 2.81 bits per heavy atom. The maximum absolute atomic E-state index is 11.6. The normalized spacial score (nSPS) is 19.4. The summed E-state index contributed by atoms with van der Waals surface area (Å²) in [6, 6.07) is 9.13. The van der Waals surface area contributed by atoms with Crippen LogP contribution < -0.4 is 0 Å². The van der Waals surface area contributed by atoms with Crippen LogP contribution in [0.15, 0.2) is 42.5 Å². The molecule has 0 radical (unpaired) electrons. The monoisotopic (exact) mass is 216 g/mol. The molecule has 0 aromatic heterocycles. The molecule has 1 aliphatic rings. The third-order valence-corrected chi connectivity index (χ3v) is 2.79. The van der Waals surface area contributed by atoms with Crippen molar-refractivity contribution in [1.82, 2.24) is 0 Å². The Labute approximate surface area is 95.9 Å². The highest BCUT2D eigenvalue weighted by molar-refractivity contribution is 5.89. The first-order valence-electron chi connectivity index (χ1n) is 5.75. The van der Waals surface area contributed by atoms with Crippen molar-refractivity contribution in [2.75, 3.05) is 6.61 Å². The molecule has 0 heterocycles. The van der Waals surface area contributed by atoms with E-state index in [1.807, 2.05) is 18.2 Å². The van der Waals surface area contributed by atoms with Crippen molar-refractivity contribution in [3.8, 4) is 0 Å². The van der Waals surface area contributed by atoms with E-state index in [9.17, 15) is 4.79 Å². The van der Waals surface area contributed by atoms with E-state index in [-0.39, 0.29) is 5.97 Å². The van der Waals surface area contributed by atoms with Gasteiger partial charge >= 0.3 is 5.97 Å². The Morgan fingerprint density at radius 1 is 1.31 bits per heavy atom. The van der Waals surface area contributed by atoms with Crippen molar-refractivity contribution in [2.45, 2.75) is 19.3 Å². The van der Waals surface area contributed by atoms with E-state index in [1.165, 1.54) is 6.42 Å². The van der Waals surface area contributed by atoms with Crippen LogP contribution in [0.3, 0.4) is 0 Å². The molecule has 1 aromatic rings. The minimum Gasteiger partial charge on any atom is -0.461 e. The smallest absolute Gasteiger partial charge is 0.338 e. The number of carbonyl (C=O) groups is 1. The molecule has 1 aliphatic carbocycles. The zero-order chi connectivity index (χ0) is 11.2. The number of allylic oxidation sites excluding steroid dienone is 1. The molecule has 84 valence electrons. The molecule has 1 aromatic carbocycles. The molecule has 16 heavy (non-hydrogen) atoms. The fourth-order valence-corrected chi connectivity index (χ4v) is 1.86. The predicted molar refractivity (Wildman–Crippen MR) is 63.2 cm³/mol. The van der Waals surface area contributed by atoms with E-state index in [0.717, 1.165) is 12.8 Å². The number of benzene rings is 1. The van der Waals surface area contributed by atoms with Crippen LogP contribution >= 0.6 is 0 Å². The number of carbonyl (C=O) groups excluding carboxylic acids is 1. The molecule has 0 saturated heterocycles. The molecule has 1 atom stereocenters. The van der Waals surface area contributed by atoms with Crippen LogP contribution in [0.1, 0.15) is 29.6 Å².